The summed E-state index contributed by atoms with van der Waals surface area (Å²) in [7, 11) is 1.25. The molecule has 2 amide bonds. The van der Waals surface area contributed by atoms with Crippen LogP contribution >= 0.6 is 34.9 Å². The van der Waals surface area contributed by atoms with Crippen LogP contribution in [-0.2, 0) is 19.1 Å². The van der Waals surface area contributed by atoms with Gasteiger partial charge in [0.2, 0.25) is 5.91 Å². The number of halogens is 1. The van der Waals surface area contributed by atoms with E-state index in [1.54, 1.807) is 6.07 Å². The van der Waals surface area contributed by atoms with Gasteiger partial charge in [0.1, 0.15) is 27.9 Å². The standard InChI is InChI=1S/C20H20FN5O4S3/c1-10-23-24-20(33-10)32-9-11-8-31-18-16(17(28)26(18)15(11)19(29)30-2)25(14(27)7-22)13-5-3-4-12(21)6-13/h3-6,16,18H,7-9,22H2,1-2H3/t16?,18-/m0/s1. The van der Waals surface area contributed by atoms with Gasteiger partial charge in [-0.3, -0.25) is 19.4 Å². The Balaban J connectivity index is 1.63. The van der Waals surface area contributed by atoms with Crippen LogP contribution in [0.25, 0.3) is 0 Å². The quantitative estimate of drug-likeness (QED) is 0.338. The van der Waals surface area contributed by atoms with E-state index in [0.29, 0.717) is 11.5 Å². The fourth-order valence-electron chi connectivity index (χ4n) is 3.63. The molecule has 2 atom stereocenters. The number of fused-ring (bicyclic) bond motifs is 1. The maximum Gasteiger partial charge on any atom is 0.354 e. The van der Waals surface area contributed by atoms with E-state index < -0.39 is 35.0 Å². The predicted molar refractivity (Wildman–Crippen MR) is 124 cm³/mol. The number of amides is 2. The van der Waals surface area contributed by atoms with Crippen LogP contribution in [0.5, 0.6) is 0 Å². The van der Waals surface area contributed by atoms with Crippen molar-refractivity contribution in [2.24, 2.45) is 5.73 Å². The number of carbonyl (C=O) groups is 3. The molecule has 33 heavy (non-hydrogen) atoms. The molecule has 2 aliphatic rings. The summed E-state index contributed by atoms with van der Waals surface area (Å²) < 4.78 is 19.6. The summed E-state index contributed by atoms with van der Waals surface area (Å²) in [5.41, 5.74) is 6.73. The second-order valence-corrected chi connectivity index (χ2v) is 10.6. The number of hydrogen-bond donors (Lipinski definition) is 1. The first-order valence-corrected chi connectivity index (χ1v) is 12.7. The van der Waals surface area contributed by atoms with Gasteiger partial charge in [-0.2, -0.15) is 0 Å². The summed E-state index contributed by atoms with van der Waals surface area (Å²) in [5.74, 6) is -1.25. The van der Waals surface area contributed by atoms with Crippen LogP contribution in [0.15, 0.2) is 39.9 Å². The molecule has 0 aliphatic carbocycles. The highest BCUT2D eigenvalue weighted by Gasteiger charge is 2.57. The van der Waals surface area contributed by atoms with Gasteiger partial charge in [-0.25, -0.2) is 9.18 Å². The number of ether oxygens (including phenoxy) is 1. The van der Waals surface area contributed by atoms with Crippen molar-refractivity contribution in [3.05, 3.63) is 46.4 Å². The number of esters is 1. The van der Waals surface area contributed by atoms with Gasteiger partial charge in [0.25, 0.3) is 5.91 Å². The Morgan fingerprint density at radius 3 is 2.82 bits per heavy atom. The maximum atomic E-state index is 13.9. The van der Waals surface area contributed by atoms with Crippen LogP contribution < -0.4 is 10.6 Å². The van der Waals surface area contributed by atoms with Crippen molar-refractivity contribution in [1.29, 1.82) is 0 Å². The number of benzene rings is 1. The zero-order valence-corrected chi connectivity index (χ0v) is 20.1. The third-order valence-corrected chi connectivity index (χ3v) is 8.47. The molecule has 2 aliphatic heterocycles. The van der Waals surface area contributed by atoms with Gasteiger partial charge in [-0.05, 0) is 30.7 Å². The van der Waals surface area contributed by atoms with E-state index in [4.69, 9.17) is 10.5 Å². The van der Waals surface area contributed by atoms with Crippen molar-refractivity contribution in [1.82, 2.24) is 15.1 Å². The highest BCUT2D eigenvalue weighted by atomic mass is 32.2. The molecule has 1 aromatic carbocycles. The van der Waals surface area contributed by atoms with Crippen molar-refractivity contribution in [3.8, 4) is 0 Å². The number of aromatic nitrogens is 2. The van der Waals surface area contributed by atoms with E-state index >= 15 is 0 Å². The van der Waals surface area contributed by atoms with Crippen LogP contribution in [0.4, 0.5) is 10.1 Å². The summed E-state index contributed by atoms with van der Waals surface area (Å²) in [6.45, 7) is 1.51. The lowest BCUT2D eigenvalue weighted by Crippen LogP contribution is -2.72. The number of β-lactam (4-membered cyclic amide) rings is 1. The Labute approximate surface area is 201 Å². The lowest BCUT2D eigenvalue weighted by molar-refractivity contribution is -0.150. The second kappa shape index (κ2) is 9.79. The molecule has 3 heterocycles. The van der Waals surface area contributed by atoms with Crippen molar-refractivity contribution < 1.29 is 23.5 Å². The molecule has 1 fully saturated rings. The van der Waals surface area contributed by atoms with E-state index in [1.807, 2.05) is 6.92 Å². The SMILES string of the molecule is COC(=O)C1=C(CSc2nnc(C)s2)CS[C@H]2C(N(C(=O)CN)c3cccc(F)c3)C(=O)N12. The van der Waals surface area contributed by atoms with Gasteiger partial charge in [0, 0.05) is 17.2 Å². The van der Waals surface area contributed by atoms with Crippen LogP contribution in [0, 0.1) is 12.7 Å². The minimum absolute atomic E-state index is 0.177. The monoisotopic (exact) mass is 509 g/mol. The Morgan fingerprint density at radius 2 is 2.18 bits per heavy atom. The zero-order chi connectivity index (χ0) is 23.7. The lowest BCUT2D eigenvalue weighted by atomic mass is 10.00. The molecule has 1 unspecified atom stereocenters. The molecule has 0 saturated carbocycles. The summed E-state index contributed by atoms with van der Waals surface area (Å²) in [5, 5.41) is 8.37. The molecule has 174 valence electrons. The van der Waals surface area contributed by atoms with Crippen molar-refractivity contribution in [3.63, 3.8) is 0 Å². The normalized spacial score (nSPS) is 19.8. The van der Waals surface area contributed by atoms with Gasteiger partial charge in [0.05, 0.1) is 13.7 Å². The number of anilines is 1. The van der Waals surface area contributed by atoms with E-state index in [1.165, 1.54) is 70.0 Å². The number of aryl methyl sites for hydroxylation is 1. The first-order chi connectivity index (χ1) is 15.8. The number of thioether (sulfide) groups is 2. The Bertz CT molecular complexity index is 1140. The summed E-state index contributed by atoms with van der Waals surface area (Å²) in [6.07, 6.45) is 0. The smallest absolute Gasteiger partial charge is 0.354 e. The highest BCUT2D eigenvalue weighted by Crippen LogP contribution is 2.44. The van der Waals surface area contributed by atoms with Gasteiger partial charge < -0.3 is 10.5 Å². The molecular weight excluding hydrogens is 489 g/mol. The number of nitrogens with zero attached hydrogens (tertiary/aromatic N) is 4. The van der Waals surface area contributed by atoms with Gasteiger partial charge in [0.15, 0.2) is 4.34 Å². The maximum absolute atomic E-state index is 13.9. The molecule has 4 rings (SSSR count). The molecular formula is C20H20FN5O4S3. The van der Waals surface area contributed by atoms with Gasteiger partial charge >= 0.3 is 5.97 Å². The molecule has 2 aromatic rings. The van der Waals surface area contributed by atoms with E-state index in [9.17, 15) is 18.8 Å². The first-order valence-electron chi connectivity index (χ1n) is 9.81. The first kappa shape index (κ1) is 23.7. The summed E-state index contributed by atoms with van der Waals surface area (Å²) >= 11 is 4.30. The van der Waals surface area contributed by atoms with Crippen LogP contribution in [0.3, 0.4) is 0 Å². The van der Waals surface area contributed by atoms with Crippen LogP contribution in [0.2, 0.25) is 0 Å². The third-order valence-electron chi connectivity index (χ3n) is 5.08. The molecule has 9 nitrogen and oxygen atoms in total. The van der Waals surface area contributed by atoms with Crippen LogP contribution in [0.1, 0.15) is 5.01 Å². The topological polar surface area (TPSA) is 119 Å². The van der Waals surface area contributed by atoms with Crippen molar-refractivity contribution >= 4 is 58.3 Å². The molecule has 1 aromatic heterocycles. The zero-order valence-electron chi connectivity index (χ0n) is 17.7. The van der Waals surface area contributed by atoms with Gasteiger partial charge in [-0.15, -0.1) is 22.0 Å². The molecule has 0 bridgehead atoms. The molecule has 2 N–H and O–H groups in total. The number of methoxy groups -OCH3 is 1. The van der Waals surface area contributed by atoms with Crippen molar-refractivity contribution in [2.75, 3.05) is 30.1 Å². The minimum atomic E-state index is -0.910. The average molecular weight is 510 g/mol. The Morgan fingerprint density at radius 1 is 1.39 bits per heavy atom. The van der Waals surface area contributed by atoms with Gasteiger partial charge in [-0.1, -0.05) is 29.2 Å². The summed E-state index contributed by atoms with van der Waals surface area (Å²) in [4.78, 5) is 41.2. The molecule has 0 spiro atoms. The molecule has 1 saturated heterocycles. The van der Waals surface area contributed by atoms with E-state index in [0.717, 1.165) is 14.9 Å². The Hall–Kier alpha value is -2.48. The fraction of sp³-hybridized carbons (Fsp3) is 0.350. The lowest BCUT2D eigenvalue weighted by Gasteiger charge is -2.53. The fourth-order valence-corrected chi connectivity index (χ4v) is 6.98. The third kappa shape index (κ3) is 4.50. The van der Waals surface area contributed by atoms with E-state index in [2.05, 4.69) is 10.2 Å². The number of hydrogen-bond acceptors (Lipinski definition) is 10. The largest absolute Gasteiger partial charge is 0.464 e. The summed E-state index contributed by atoms with van der Waals surface area (Å²) in [6, 6.07) is 4.53. The molecule has 0 radical (unpaired) electrons. The van der Waals surface area contributed by atoms with E-state index in [-0.39, 0.29) is 17.9 Å². The number of rotatable bonds is 7. The van der Waals surface area contributed by atoms with Crippen LogP contribution in [-0.4, -0.2) is 69.5 Å². The predicted octanol–water partition coefficient (Wildman–Crippen LogP) is 1.78. The molecule has 13 heteroatoms. The second-order valence-electron chi connectivity index (χ2n) is 7.12. The Kier molecular flexibility index (Phi) is 7.02. The average Bonchev–Trinajstić information content (AvgIpc) is 3.24. The minimum Gasteiger partial charge on any atom is -0.464 e. The number of nitrogens with two attached hydrogens (primary N) is 1. The van der Waals surface area contributed by atoms with Crippen molar-refractivity contribution in [2.45, 2.75) is 22.7 Å². The number of carbonyl (C=O) groups excluding carboxylic acids is 3. The highest BCUT2D eigenvalue weighted by molar-refractivity contribution is 8.01.